The van der Waals surface area contributed by atoms with E-state index < -0.39 is 17.5 Å². The standard InChI is InChI=1S/C23H29FN4O3/c1-6-8-19(23(4,5)30)27-22(29)20-15(3)26-21-18(11-14(2)12-28(20)21)31-13-17-16(24)9-7-10-25-17/h7,9-12,19,30H,6,8,13H2,1-5H3,(H,27,29). The number of hydrogen-bond donors (Lipinski definition) is 2. The quantitative estimate of drug-likeness (QED) is 0.571. The van der Waals surface area contributed by atoms with Crippen molar-refractivity contribution in [1.82, 2.24) is 19.7 Å². The highest BCUT2D eigenvalue weighted by Crippen LogP contribution is 2.25. The Labute approximate surface area is 181 Å². The van der Waals surface area contributed by atoms with Crippen LogP contribution in [0.15, 0.2) is 30.6 Å². The first-order chi connectivity index (χ1) is 14.6. The highest BCUT2D eigenvalue weighted by Gasteiger charge is 2.29. The number of halogens is 1. The van der Waals surface area contributed by atoms with E-state index in [-0.39, 0.29) is 18.2 Å². The molecule has 1 atom stereocenters. The summed E-state index contributed by atoms with van der Waals surface area (Å²) in [6, 6.07) is 4.24. The number of nitrogens with one attached hydrogen (secondary N) is 1. The summed E-state index contributed by atoms with van der Waals surface area (Å²) in [5, 5.41) is 13.4. The molecule has 1 unspecified atom stereocenters. The molecule has 3 rings (SSSR count). The molecule has 31 heavy (non-hydrogen) atoms. The Morgan fingerprint density at radius 1 is 1.39 bits per heavy atom. The number of imidazole rings is 1. The van der Waals surface area contributed by atoms with E-state index in [0.29, 0.717) is 29.2 Å². The molecule has 1 amide bonds. The molecule has 2 N–H and O–H groups in total. The van der Waals surface area contributed by atoms with Gasteiger partial charge in [-0.1, -0.05) is 13.3 Å². The monoisotopic (exact) mass is 428 g/mol. The predicted octanol–water partition coefficient (Wildman–Crippen LogP) is 3.73. The first-order valence-electron chi connectivity index (χ1n) is 10.4. The van der Waals surface area contributed by atoms with Gasteiger partial charge < -0.3 is 15.2 Å². The van der Waals surface area contributed by atoms with Gasteiger partial charge in [0.2, 0.25) is 0 Å². The summed E-state index contributed by atoms with van der Waals surface area (Å²) in [7, 11) is 0. The molecule has 3 heterocycles. The van der Waals surface area contributed by atoms with Crippen molar-refractivity contribution in [3.8, 4) is 5.75 Å². The number of aliphatic hydroxyl groups is 1. The summed E-state index contributed by atoms with van der Waals surface area (Å²) >= 11 is 0. The number of carbonyl (C=O) groups is 1. The van der Waals surface area contributed by atoms with E-state index in [9.17, 15) is 14.3 Å². The number of aryl methyl sites for hydroxylation is 2. The maximum Gasteiger partial charge on any atom is 0.270 e. The molecule has 0 saturated heterocycles. The Morgan fingerprint density at radius 2 is 2.13 bits per heavy atom. The average molecular weight is 429 g/mol. The normalized spacial score (nSPS) is 12.7. The Balaban J connectivity index is 1.94. The first kappa shape index (κ1) is 22.7. The third-order valence-corrected chi connectivity index (χ3v) is 5.15. The summed E-state index contributed by atoms with van der Waals surface area (Å²) in [6.45, 7) is 8.93. The molecule has 8 heteroatoms. The molecule has 0 aliphatic carbocycles. The fourth-order valence-electron chi connectivity index (χ4n) is 3.53. The van der Waals surface area contributed by atoms with E-state index >= 15 is 0 Å². The number of rotatable bonds is 8. The summed E-state index contributed by atoms with van der Waals surface area (Å²) in [5.41, 5.74) is 1.34. The van der Waals surface area contributed by atoms with Gasteiger partial charge in [0.25, 0.3) is 5.91 Å². The molecule has 166 valence electrons. The molecule has 0 fully saturated rings. The second kappa shape index (κ2) is 9.01. The zero-order chi connectivity index (χ0) is 22.8. The minimum Gasteiger partial charge on any atom is -0.483 e. The van der Waals surface area contributed by atoms with Crippen molar-refractivity contribution in [3.05, 3.63) is 59.1 Å². The molecule has 0 aliphatic rings. The third kappa shape index (κ3) is 5.02. The van der Waals surface area contributed by atoms with Crippen molar-refractivity contribution in [2.75, 3.05) is 0 Å². The molecule has 0 radical (unpaired) electrons. The van der Waals surface area contributed by atoms with Gasteiger partial charge in [0, 0.05) is 12.4 Å². The van der Waals surface area contributed by atoms with Crippen molar-refractivity contribution < 1.29 is 19.0 Å². The zero-order valence-electron chi connectivity index (χ0n) is 18.6. The Morgan fingerprint density at radius 3 is 2.77 bits per heavy atom. The van der Waals surface area contributed by atoms with Gasteiger partial charge in [0.1, 0.15) is 23.8 Å². The van der Waals surface area contributed by atoms with E-state index in [2.05, 4.69) is 15.3 Å². The second-order valence-electron chi connectivity index (χ2n) is 8.31. The number of carbonyl (C=O) groups excluding carboxylic acids is 1. The van der Waals surface area contributed by atoms with E-state index in [1.807, 2.05) is 13.8 Å². The van der Waals surface area contributed by atoms with Crippen molar-refractivity contribution in [1.29, 1.82) is 0 Å². The van der Waals surface area contributed by atoms with Crippen LogP contribution in [-0.4, -0.2) is 37.0 Å². The number of fused-ring (bicyclic) bond motifs is 1. The van der Waals surface area contributed by atoms with Gasteiger partial charge in [0.05, 0.1) is 17.3 Å². The van der Waals surface area contributed by atoms with E-state index in [1.165, 1.54) is 18.3 Å². The molecular formula is C23H29FN4O3. The van der Waals surface area contributed by atoms with Crippen LogP contribution in [0.25, 0.3) is 5.65 Å². The van der Waals surface area contributed by atoms with Gasteiger partial charge in [-0.15, -0.1) is 0 Å². The number of nitrogens with zero attached hydrogens (tertiary/aromatic N) is 3. The third-order valence-electron chi connectivity index (χ3n) is 5.15. The van der Waals surface area contributed by atoms with Crippen LogP contribution in [0.4, 0.5) is 4.39 Å². The smallest absolute Gasteiger partial charge is 0.270 e. The number of ether oxygens (including phenoxy) is 1. The molecule has 0 spiro atoms. The van der Waals surface area contributed by atoms with Crippen molar-refractivity contribution in [2.24, 2.45) is 0 Å². The summed E-state index contributed by atoms with van der Waals surface area (Å²) in [4.78, 5) is 21.7. The molecular weight excluding hydrogens is 399 g/mol. The zero-order valence-corrected chi connectivity index (χ0v) is 18.6. The fourth-order valence-corrected chi connectivity index (χ4v) is 3.53. The largest absolute Gasteiger partial charge is 0.483 e. The van der Waals surface area contributed by atoms with Crippen molar-refractivity contribution >= 4 is 11.6 Å². The van der Waals surface area contributed by atoms with Crippen molar-refractivity contribution in [2.45, 2.75) is 65.7 Å². The van der Waals surface area contributed by atoms with Crippen LogP contribution in [0, 0.1) is 19.7 Å². The Bertz CT molecular complexity index is 1090. The van der Waals surface area contributed by atoms with Crippen LogP contribution >= 0.6 is 0 Å². The minimum atomic E-state index is -1.06. The summed E-state index contributed by atoms with van der Waals surface area (Å²) < 4.78 is 21.4. The van der Waals surface area contributed by atoms with E-state index in [4.69, 9.17) is 4.74 Å². The Kier molecular flexibility index (Phi) is 6.59. The lowest BCUT2D eigenvalue weighted by molar-refractivity contribution is 0.0317. The Hall–Kier alpha value is -3.00. The summed E-state index contributed by atoms with van der Waals surface area (Å²) in [6.07, 6.45) is 4.78. The molecule has 0 aromatic carbocycles. The highest BCUT2D eigenvalue weighted by molar-refractivity contribution is 5.95. The topological polar surface area (TPSA) is 88.8 Å². The second-order valence-corrected chi connectivity index (χ2v) is 8.31. The lowest BCUT2D eigenvalue weighted by Crippen LogP contribution is -2.49. The highest BCUT2D eigenvalue weighted by atomic mass is 19.1. The first-order valence-corrected chi connectivity index (χ1v) is 10.4. The molecule has 0 aliphatic heterocycles. The molecule has 0 saturated carbocycles. The molecule has 3 aromatic heterocycles. The number of hydrogen-bond acceptors (Lipinski definition) is 5. The van der Waals surface area contributed by atoms with Gasteiger partial charge in [-0.3, -0.25) is 14.2 Å². The lowest BCUT2D eigenvalue weighted by Gasteiger charge is -2.30. The predicted molar refractivity (Wildman–Crippen MR) is 116 cm³/mol. The van der Waals surface area contributed by atoms with Crippen LogP contribution in [-0.2, 0) is 6.61 Å². The van der Waals surface area contributed by atoms with Crippen LogP contribution in [0.2, 0.25) is 0 Å². The van der Waals surface area contributed by atoms with Crippen LogP contribution in [0.3, 0.4) is 0 Å². The van der Waals surface area contributed by atoms with Crippen LogP contribution < -0.4 is 10.1 Å². The van der Waals surface area contributed by atoms with Gasteiger partial charge >= 0.3 is 0 Å². The number of amides is 1. The molecule has 3 aromatic rings. The van der Waals surface area contributed by atoms with Gasteiger partial charge in [0.15, 0.2) is 11.4 Å². The van der Waals surface area contributed by atoms with Crippen molar-refractivity contribution in [3.63, 3.8) is 0 Å². The fraction of sp³-hybridized carbons (Fsp3) is 0.435. The summed E-state index contributed by atoms with van der Waals surface area (Å²) in [5.74, 6) is -0.336. The molecule has 0 bridgehead atoms. The van der Waals surface area contributed by atoms with Crippen LogP contribution in [0.5, 0.6) is 5.75 Å². The lowest BCUT2D eigenvalue weighted by atomic mass is 9.94. The van der Waals surface area contributed by atoms with E-state index in [1.54, 1.807) is 37.4 Å². The average Bonchev–Trinajstić information content (AvgIpc) is 3.01. The number of aromatic nitrogens is 3. The van der Waals surface area contributed by atoms with Gasteiger partial charge in [-0.25, -0.2) is 9.37 Å². The van der Waals surface area contributed by atoms with E-state index in [0.717, 1.165) is 12.0 Å². The maximum absolute atomic E-state index is 13.9. The minimum absolute atomic E-state index is 0.0590. The molecule has 7 nitrogen and oxygen atoms in total. The van der Waals surface area contributed by atoms with Gasteiger partial charge in [-0.2, -0.15) is 0 Å². The van der Waals surface area contributed by atoms with Gasteiger partial charge in [-0.05, 0) is 57.9 Å². The van der Waals surface area contributed by atoms with Crippen LogP contribution in [0.1, 0.15) is 61.1 Å². The maximum atomic E-state index is 13.9. The SMILES string of the molecule is CCCC(NC(=O)c1c(C)nc2c(OCc3ncccc3F)cc(C)cn12)C(C)(C)O. The number of pyridine rings is 2.